The summed E-state index contributed by atoms with van der Waals surface area (Å²) in [4.78, 5) is 35.6. The highest BCUT2D eigenvalue weighted by atomic mass is 32.1. The van der Waals surface area contributed by atoms with Crippen LogP contribution in [-0.4, -0.2) is 39.5 Å². The number of carbonyl (C=O) groups excluding carboxylic acids is 2. The summed E-state index contributed by atoms with van der Waals surface area (Å²) < 4.78 is 25.6. The van der Waals surface area contributed by atoms with Crippen molar-refractivity contribution in [1.29, 1.82) is 0 Å². The van der Waals surface area contributed by atoms with Gasteiger partial charge in [-0.3, -0.25) is 14.6 Å². The molecule has 2 aliphatic rings. The number of rotatable bonds is 10. The third-order valence-corrected chi connectivity index (χ3v) is 8.75. The number of primary amides is 1. The molecule has 216 valence electrons. The first-order valence-corrected chi connectivity index (χ1v) is 14.6. The van der Waals surface area contributed by atoms with Gasteiger partial charge in [0.2, 0.25) is 5.91 Å². The topological polar surface area (TPSA) is 125 Å². The van der Waals surface area contributed by atoms with E-state index >= 15 is 0 Å². The van der Waals surface area contributed by atoms with Gasteiger partial charge in [-0.2, -0.15) is 0 Å². The maximum absolute atomic E-state index is 13.7. The highest BCUT2D eigenvalue weighted by molar-refractivity contribution is 7.13. The Morgan fingerprint density at radius 3 is 2.64 bits per heavy atom. The Morgan fingerprint density at radius 2 is 1.98 bits per heavy atom. The van der Waals surface area contributed by atoms with E-state index in [-0.39, 0.29) is 37.0 Å². The summed E-state index contributed by atoms with van der Waals surface area (Å²) >= 11 is 1.47. The van der Waals surface area contributed by atoms with Gasteiger partial charge in [0.25, 0.3) is 0 Å². The van der Waals surface area contributed by atoms with Gasteiger partial charge in [-0.05, 0) is 81.6 Å². The summed E-state index contributed by atoms with van der Waals surface area (Å²) in [5, 5.41) is 11.6. The number of thiazole rings is 1. The van der Waals surface area contributed by atoms with E-state index in [1.54, 1.807) is 49.8 Å². The molecule has 0 bridgehead atoms. The second kappa shape index (κ2) is 10.6. The van der Waals surface area contributed by atoms with E-state index in [4.69, 9.17) is 20.2 Å². The molecule has 1 saturated carbocycles. The number of fused-ring (bicyclic) bond motifs is 1. The van der Waals surface area contributed by atoms with Crippen molar-refractivity contribution in [1.82, 2.24) is 9.97 Å². The molecule has 0 saturated heterocycles. The molecule has 1 fully saturated rings. The highest BCUT2D eigenvalue weighted by Crippen LogP contribution is 2.46. The normalized spacial score (nSPS) is 19.0. The van der Waals surface area contributed by atoms with Crippen LogP contribution in [0, 0.1) is 5.82 Å². The van der Waals surface area contributed by atoms with E-state index in [1.807, 2.05) is 12.1 Å². The largest absolute Gasteiger partial charge is 0.490 e. The van der Waals surface area contributed by atoms with Crippen LogP contribution >= 0.6 is 11.3 Å². The molecule has 2 aromatic heterocycles. The average molecular weight is 588 g/mol. The number of halogens is 1. The van der Waals surface area contributed by atoms with Crippen LogP contribution in [0.5, 0.6) is 11.5 Å². The molecule has 4 aromatic rings. The van der Waals surface area contributed by atoms with E-state index in [0.29, 0.717) is 28.1 Å². The van der Waals surface area contributed by atoms with Crippen LogP contribution in [0.4, 0.5) is 4.39 Å². The fourth-order valence-electron chi connectivity index (χ4n) is 5.01. The summed E-state index contributed by atoms with van der Waals surface area (Å²) in [5.74, 6) is -0.0535. The van der Waals surface area contributed by atoms with Gasteiger partial charge in [0.15, 0.2) is 5.78 Å². The number of amides is 1. The van der Waals surface area contributed by atoms with Gasteiger partial charge in [-0.25, -0.2) is 9.37 Å². The van der Waals surface area contributed by atoms with Gasteiger partial charge in [-0.15, -0.1) is 11.3 Å². The van der Waals surface area contributed by atoms with Crippen molar-refractivity contribution in [2.24, 2.45) is 5.73 Å². The Hall–Kier alpha value is -4.15. The second-order valence-electron chi connectivity index (χ2n) is 11.3. The van der Waals surface area contributed by atoms with Crippen LogP contribution in [0.1, 0.15) is 61.1 Å². The monoisotopic (exact) mass is 587 g/mol. The van der Waals surface area contributed by atoms with Crippen LogP contribution in [0.15, 0.2) is 60.2 Å². The number of hydrogen-bond donors (Lipinski definition) is 2. The van der Waals surface area contributed by atoms with Gasteiger partial charge in [0.1, 0.15) is 40.6 Å². The molecule has 0 radical (unpaired) electrons. The number of hydrogen-bond acceptors (Lipinski definition) is 8. The Bertz CT molecular complexity index is 1670. The number of nitrogens with zero attached hydrogens (tertiary/aromatic N) is 2. The molecule has 0 spiro atoms. The van der Waals surface area contributed by atoms with Crippen LogP contribution < -0.4 is 15.2 Å². The van der Waals surface area contributed by atoms with Crippen LogP contribution in [-0.2, 0) is 15.8 Å². The maximum Gasteiger partial charge on any atom is 0.231 e. The zero-order chi connectivity index (χ0) is 29.6. The molecule has 1 aliphatic heterocycles. The molecule has 1 aliphatic carbocycles. The summed E-state index contributed by atoms with van der Waals surface area (Å²) in [6.07, 6.45) is 4.08. The van der Waals surface area contributed by atoms with E-state index < -0.39 is 22.7 Å². The number of ether oxygens (including phenoxy) is 2. The van der Waals surface area contributed by atoms with E-state index in [9.17, 15) is 19.1 Å². The molecule has 3 N–H and O–H groups in total. The fourth-order valence-corrected chi connectivity index (χ4v) is 5.65. The third kappa shape index (κ3) is 5.28. The Balaban J connectivity index is 1.30. The zero-order valence-corrected chi connectivity index (χ0v) is 24.0. The van der Waals surface area contributed by atoms with Crippen LogP contribution in [0.2, 0.25) is 0 Å². The van der Waals surface area contributed by atoms with Crippen LogP contribution in [0.25, 0.3) is 21.7 Å². The number of aliphatic hydroxyl groups is 1. The van der Waals surface area contributed by atoms with E-state index in [0.717, 1.165) is 29.0 Å². The predicted octanol–water partition coefficient (Wildman–Crippen LogP) is 5.56. The van der Waals surface area contributed by atoms with E-state index in [2.05, 4.69) is 4.98 Å². The molecular formula is C32H30FN3O5S. The summed E-state index contributed by atoms with van der Waals surface area (Å²) in [6, 6.07) is 12.7. The average Bonchev–Trinajstić information content (AvgIpc) is 3.48. The van der Waals surface area contributed by atoms with Crippen molar-refractivity contribution in [3.8, 4) is 33.2 Å². The van der Waals surface area contributed by atoms with Gasteiger partial charge < -0.3 is 20.3 Å². The molecule has 10 heteroatoms. The minimum absolute atomic E-state index is 0.0141. The molecule has 0 unspecified atom stereocenters. The molecule has 2 aromatic carbocycles. The zero-order valence-electron chi connectivity index (χ0n) is 23.2. The lowest BCUT2D eigenvalue weighted by Gasteiger charge is -2.26. The third-order valence-electron chi connectivity index (χ3n) is 7.94. The first-order chi connectivity index (χ1) is 20.0. The van der Waals surface area contributed by atoms with Crippen molar-refractivity contribution in [3.63, 3.8) is 0 Å². The Labute approximate surface area is 246 Å². The standard InChI is InChI=1S/C32H30FN3O5S/c1-31(30(34)38)16-40-29-23(31)14-27(36-28(29)18-3-6-20(33)7-4-18)32(2,39)12-11-24(37)19-5-10-25(41-21-8-9-21)22(13-19)26-15-35-17-42-26/h3-7,10,13-15,17,21,39H,8-9,11-12,16H2,1-2H3,(H2,34,38)/t31-,32-/m0/s1. The summed E-state index contributed by atoms with van der Waals surface area (Å²) in [6.45, 7) is 3.27. The summed E-state index contributed by atoms with van der Waals surface area (Å²) in [7, 11) is 0. The van der Waals surface area contributed by atoms with Crippen molar-refractivity contribution in [3.05, 3.63) is 82.9 Å². The minimum atomic E-state index is -1.55. The van der Waals surface area contributed by atoms with E-state index in [1.165, 1.54) is 23.5 Å². The molecule has 1 amide bonds. The SMILES string of the molecule is C[C@](O)(CCC(=O)c1ccc(OC2CC2)c(-c2cncs2)c1)c1cc2c(c(-c3ccc(F)cc3)n1)OC[C@]2(C)C(N)=O. The molecule has 3 heterocycles. The van der Waals surface area contributed by atoms with Crippen molar-refractivity contribution in [2.75, 3.05) is 6.61 Å². The molecule has 8 nitrogen and oxygen atoms in total. The second-order valence-corrected chi connectivity index (χ2v) is 12.2. The maximum atomic E-state index is 13.7. The minimum Gasteiger partial charge on any atom is -0.490 e. The van der Waals surface area contributed by atoms with Crippen molar-refractivity contribution in [2.45, 2.75) is 56.7 Å². The number of benzene rings is 2. The van der Waals surface area contributed by atoms with Crippen LogP contribution in [0.3, 0.4) is 0 Å². The fraction of sp³-hybridized carbons (Fsp3) is 0.312. The van der Waals surface area contributed by atoms with Crippen molar-refractivity contribution >= 4 is 23.0 Å². The number of ketones is 1. The molecule has 42 heavy (non-hydrogen) atoms. The number of Topliss-reactive ketones (excluding diaryl/α,β-unsaturated/α-hetero) is 1. The lowest BCUT2D eigenvalue weighted by molar-refractivity contribution is -0.123. The van der Waals surface area contributed by atoms with Gasteiger partial charge >= 0.3 is 0 Å². The predicted molar refractivity (Wildman–Crippen MR) is 156 cm³/mol. The smallest absolute Gasteiger partial charge is 0.231 e. The van der Waals surface area contributed by atoms with Gasteiger partial charge in [-0.1, -0.05) is 0 Å². The highest BCUT2D eigenvalue weighted by Gasteiger charge is 2.45. The first kappa shape index (κ1) is 28.0. The molecule has 2 atom stereocenters. The molecular weight excluding hydrogens is 557 g/mol. The summed E-state index contributed by atoms with van der Waals surface area (Å²) in [5.41, 5.74) is 7.78. The first-order valence-electron chi connectivity index (χ1n) is 13.7. The number of carbonyl (C=O) groups is 2. The lowest BCUT2D eigenvalue weighted by atomic mass is 9.81. The quantitative estimate of drug-likeness (QED) is 0.233. The lowest BCUT2D eigenvalue weighted by Crippen LogP contribution is -2.40. The van der Waals surface area contributed by atoms with Crippen molar-refractivity contribution < 1.29 is 28.6 Å². The van der Waals surface area contributed by atoms with Gasteiger partial charge in [0, 0.05) is 34.9 Å². The Kier molecular flexibility index (Phi) is 7.06. The number of aromatic nitrogens is 2. The molecule has 6 rings (SSSR count). The number of nitrogens with two attached hydrogens (primary N) is 1. The Morgan fingerprint density at radius 1 is 1.21 bits per heavy atom. The van der Waals surface area contributed by atoms with Gasteiger partial charge in [0.05, 0.1) is 22.2 Å². The number of pyridine rings is 1.